The van der Waals surface area contributed by atoms with Crippen LogP contribution < -0.4 is 16.0 Å². The second-order valence-electron chi connectivity index (χ2n) is 8.22. The van der Waals surface area contributed by atoms with E-state index < -0.39 is 18.2 Å². The lowest BCUT2D eigenvalue weighted by atomic mass is 10.1. The first-order chi connectivity index (χ1) is 15.8. The molecular weight excluding hydrogens is 442 g/mol. The van der Waals surface area contributed by atoms with E-state index in [0.29, 0.717) is 13.1 Å². The van der Waals surface area contributed by atoms with E-state index in [-0.39, 0.29) is 37.1 Å². The summed E-state index contributed by atoms with van der Waals surface area (Å²) in [7, 11) is 1.74. The highest BCUT2D eigenvalue weighted by molar-refractivity contribution is 7.13. The Hall–Kier alpha value is -2.82. The fraction of sp³-hybridized carbons (Fsp3) is 0.478. The lowest BCUT2D eigenvalue weighted by Crippen LogP contribution is -2.52. The van der Waals surface area contributed by atoms with E-state index in [9.17, 15) is 19.5 Å². The molecule has 10 heteroatoms. The van der Waals surface area contributed by atoms with Crippen LogP contribution in [0.5, 0.6) is 0 Å². The Kier molecular flexibility index (Phi) is 8.54. The minimum atomic E-state index is -0.780. The summed E-state index contributed by atoms with van der Waals surface area (Å²) in [4.78, 5) is 44.4. The normalized spacial score (nSPS) is 18.7. The molecule has 33 heavy (non-hydrogen) atoms. The standard InChI is InChI=1S/C23H31N5O4S/c1-14-21(33-13-26-14)17-6-4-16(5-7-17)11-25-22(31)19-10-18(29)12-28(19)23(32)15(2)27-20(30)8-9-24-3/h4-7,13,15,18-19,24,29H,8-12H2,1-3H3,(H,25,31)(H,27,30)/t15-,18+,19-/m0/s1. The molecule has 178 valence electrons. The van der Waals surface area contributed by atoms with Crippen molar-refractivity contribution in [2.75, 3.05) is 20.1 Å². The number of nitrogens with one attached hydrogen (secondary N) is 3. The highest BCUT2D eigenvalue weighted by Gasteiger charge is 2.40. The van der Waals surface area contributed by atoms with Crippen molar-refractivity contribution >= 4 is 29.1 Å². The summed E-state index contributed by atoms with van der Waals surface area (Å²) in [5.41, 5.74) is 4.80. The number of hydrogen-bond donors (Lipinski definition) is 4. The number of likely N-dealkylation sites (tertiary alicyclic amines) is 1. The Bertz CT molecular complexity index is 977. The summed E-state index contributed by atoms with van der Waals surface area (Å²) in [5, 5.41) is 18.5. The number of carbonyl (C=O) groups is 3. The minimum Gasteiger partial charge on any atom is -0.391 e. The van der Waals surface area contributed by atoms with Crippen molar-refractivity contribution in [1.82, 2.24) is 25.8 Å². The molecule has 1 fully saturated rings. The summed E-state index contributed by atoms with van der Waals surface area (Å²) in [5.74, 6) is -0.951. The van der Waals surface area contributed by atoms with Gasteiger partial charge in [0.1, 0.15) is 12.1 Å². The molecule has 3 rings (SSSR count). The maximum Gasteiger partial charge on any atom is 0.245 e. The SMILES string of the molecule is CNCCC(=O)N[C@@H](C)C(=O)N1C[C@H](O)C[C@H]1C(=O)NCc1ccc(-c2scnc2C)cc1. The van der Waals surface area contributed by atoms with Gasteiger partial charge in [0, 0.05) is 32.5 Å². The van der Waals surface area contributed by atoms with Crippen LogP contribution in [0.2, 0.25) is 0 Å². The quantitative estimate of drug-likeness (QED) is 0.427. The maximum absolute atomic E-state index is 12.9. The van der Waals surface area contributed by atoms with Gasteiger partial charge >= 0.3 is 0 Å². The number of hydrogen-bond acceptors (Lipinski definition) is 7. The number of aliphatic hydroxyl groups excluding tert-OH is 1. The van der Waals surface area contributed by atoms with Gasteiger partial charge in [-0.2, -0.15) is 0 Å². The first kappa shape index (κ1) is 24.8. The Labute approximate surface area is 197 Å². The number of benzene rings is 1. The largest absolute Gasteiger partial charge is 0.391 e. The van der Waals surface area contributed by atoms with Crippen molar-refractivity contribution in [2.45, 2.75) is 51.4 Å². The number of thiazole rings is 1. The first-order valence-electron chi connectivity index (χ1n) is 11.0. The number of nitrogens with zero attached hydrogens (tertiary/aromatic N) is 2. The molecule has 2 aromatic rings. The third kappa shape index (κ3) is 6.37. The van der Waals surface area contributed by atoms with Crippen LogP contribution in [0.3, 0.4) is 0 Å². The van der Waals surface area contributed by atoms with Gasteiger partial charge in [0.25, 0.3) is 0 Å². The zero-order valence-corrected chi connectivity index (χ0v) is 19.9. The van der Waals surface area contributed by atoms with Crippen LogP contribution >= 0.6 is 11.3 Å². The van der Waals surface area contributed by atoms with Gasteiger partial charge in [-0.3, -0.25) is 14.4 Å². The second kappa shape index (κ2) is 11.4. The molecule has 3 atom stereocenters. The molecule has 1 aliphatic heterocycles. The Balaban J connectivity index is 1.57. The Morgan fingerprint density at radius 1 is 1.27 bits per heavy atom. The van der Waals surface area contributed by atoms with E-state index in [1.54, 1.807) is 25.3 Å². The summed E-state index contributed by atoms with van der Waals surface area (Å²) < 4.78 is 0. The van der Waals surface area contributed by atoms with Crippen LogP contribution in [-0.4, -0.2) is 71.0 Å². The van der Waals surface area contributed by atoms with Gasteiger partial charge in [0.15, 0.2) is 0 Å². The molecule has 0 bridgehead atoms. The molecule has 1 saturated heterocycles. The summed E-state index contributed by atoms with van der Waals surface area (Å²) in [6, 6.07) is 6.33. The second-order valence-corrected chi connectivity index (χ2v) is 9.08. The van der Waals surface area contributed by atoms with Crippen molar-refractivity contribution in [2.24, 2.45) is 0 Å². The van der Waals surface area contributed by atoms with E-state index >= 15 is 0 Å². The number of carbonyl (C=O) groups excluding carboxylic acids is 3. The van der Waals surface area contributed by atoms with Crippen molar-refractivity contribution in [1.29, 1.82) is 0 Å². The number of aryl methyl sites for hydroxylation is 1. The van der Waals surface area contributed by atoms with Gasteiger partial charge in [-0.15, -0.1) is 11.3 Å². The Morgan fingerprint density at radius 3 is 2.64 bits per heavy atom. The van der Waals surface area contributed by atoms with Crippen LogP contribution in [0.15, 0.2) is 29.8 Å². The molecule has 9 nitrogen and oxygen atoms in total. The number of rotatable bonds is 9. The fourth-order valence-corrected chi connectivity index (χ4v) is 4.64. The summed E-state index contributed by atoms with van der Waals surface area (Å²) >= 11 is 1.58. The molecule has 3 amide bonds. The van der Waals surface area contributed by atoms with Gasteiger partial charge in [-0.05, 0) is 32.0 Å². The maximum atomic E-state index is 12.9. The number of β-amino-alcohol motifs (C(OH)–C–C–N with tert-alkyl or cyclic N) is 1. The molecule has 4 N–H and O–H groups in total. The van der Waals surface area contributed by atoms with Gasteiger partial charge in [-0.1, -0.05) is 24.3 Å². The minimum absolute atomic E-state index is 0.0660. The van der Waals surface area contributed by atoms with Gasteiger partial charge in [0.05, 0.1) is 22.2 Å². The molecule has 0 aliphatic carbocycles. The third-order valence-electron chi connectivity index (χ3n) is 5.64. The predicted molar refractivity (Wildman–Crippen MR) is 126 cm³/mol. The smallest absolute Gasteiger partial charge is 0.245 e. The van der Waals surface area contributed by atoms with Crippen molar-refractivity contribution in [3.8, 4) is 10.4 Å². The monoisotopic (exact) mass is 473 g/mol. The number of amides is 3. The van der Waals surface area contributed by atoms with Crippen LogP contribution in [0.4, 0.5) is 0 Å². The Morgan fingerprint density at radius 2 is 2.00 bits per heavy atom. The molecule has 1 aromatic heterocycles. The lowest BCUT2D eigenvalue weighted by Gasteiger charge is -2.27. The van der Waals surface area contributed by atoms with E-state index in [1.165, 1.54) is 4.90 Å². The van der Waals surface area contributed by atoms with Gasteiger partial charge in [0.2, 0.25) is 17.7 Å². The van der Waals surface area contributed by atoms with Crippen molar-refractivity contribution < 1.29 is 19.5 Å². The molecule has 0 radical (unpaired) electrons. The van der Waals surface area contributed by atoms with Gasteiger partial charge < -0.3 is 26.0 Å². The van der Waals surface area contributed by atoms with Crippen molar-refractivity contribution in [3.05, 3.63) is 41.0 Å². The van der Waals surface area contributed by atoms with Gasteiger partial charge in [-0.25, -0.2) is 4.98 Å². The average Bonchev–Trinajstić information content (AvgIpc) is 3.41. The molecule has 2 heterocycles. The molecule has 1 aliphatic rings. The predicted octanol–water partition coefficient (Wildman–Crippen LogP) is 0.811. The lowest BCUT2D eigenvalue weighted by molar-refractivity contribution is -0.141. The summed E-state index contributed by atoms with van der Waals surface area (Å²) in [6.45, 7) is 4.44. The van der Waals surface area contributed by atoms with E-state index in [1.807, 2.05) is 36.7 Å². The molecule has 0 unspecified atom stereocenters. The zero-order chi connectivity index (χ0) is 24.0. The summed E-state index contributed by atoms with van der Waals surface area (Å²) in [6.07, 6.45) is -0.359. The highest BCUT2D eigenvalue weighted by Crippen LogP contribution is 2.27. The highest BCUT2D eigenvalue weighted by atomic mass is 32.1. The first-order valence-corrected chi connectivity index (χ1v) is 11.9. The zero-order valence-electron chi connectivity index (χ0n) is 19.1. The third-order valence-corrected chi connectivity index (χ3v) is 6.62. The molecular formula is C23H31N5O4S. The number of aromatic nitrogens is 1. The molecule has 0 saturated carbocycles. The van der Waals surface area contributed by atoms with Crippen LogP contribution in [-0.2, 0) is 20.9 Å². The van der Waals surface area contributed by atoms with Crippen molar-refractivity contribution in [3.63, 3.8) is 0 Å². The molecule has 0 spiro atoms. The van der Waals surface area contributed by atoms with Crippen LogP contribution in [0, 0.1) is 6.92 Å². The topological polar surface area (TPSA) is 124 Å². The van der Waals surface area contributed by atoms with E-state index in [4.69, 9.17) is 0 Å². The average molecular weight is 474 g/mol. The van der Waals surface area contributed by atoms with Crippen LogP contribution in [0.1, 0.15) is 31.0 Å². The van der Waals surface area contributed by atoms with Crippen LogP contribution in [0.25, 0.3) is 10.4 Å². The fourth-order valence-electron chi connectivity index (χ4n) is 3.83. The number of aliphatic hydroxyl groups is 1. The molecule has 1 aromatic carbocycles. The van der Waals surface area contributed by atoms with E-state index in [2.05, 4.69) is 20.9 Å². The van der Waals surface area contributed by atoms with E-state index in [0.717, 1.165) is 21.7 Å².